The number of aliphatic hydroxyl groups is 2. The summed E-state index contributed by atoms with van der Waals surface area (Å²) in [5.74, 6) is -2.81. The molecule has 0 aliphatic rings. The van der Waals surface area contributed by atoms with Gasteiger partial charge >= 0.3 is 11.9 Å². The maximum atomic E-state index is 11.3. The van der Waals surface area contributed by atoms with Crippen molar-refractivity contribution in [3.8, 4) is 0 Å². The Morgan fingerprint density at radius 1 is 1.42 bits per heavy atom. The quantitative estimate of drug-likeness (QED) is 0.362. The number of aliphatic hydroxyl groups excluding tert-OH is 1. The lowest BCUT2D eigenvalue weighted by Gasteiger charge is -2.27. The predicted molar refractivity (Wildman–Crippen MR) is 72.2 cm³/mol. The largest absolute Gasteiger partial charge is 0.402 e. The van der Waals surface area contributed by atoms with E-state index in [0.717, 1.165) is 25.7 Å². The van der Waals surface area contributed by atoms with Crippen LogP contribution in [0.2, 0.25) is 0 Å². The molecule has 0 aromatic rings. The fraction of sp³-hybridized carbons (Fsp3) is 0.786. The summed E-state index contributed by atoms with van der Waals surface area (Å²) >= 11 is 0. The van der Waals surface area contributed by atoms with Crippen molar-refractivity contribution in [2.24, 2.45) is 5.92 Å². The van der Waals surface area contributed by atoms with E-state index in [1.807, 2.05) is 6.92 Å². The highest BCUT2D eigenvalue weighted by Gasteiger charge is 2.33. The highest BCUT2D eigenvalue weighted by atomic mass is 16.8. The van der Waals surface area contributed by atoms with Gasteiger partial charge in [0.2, 0.25) is 0 Å². The highest BCUT2D eigenvalue weighted by Crippen LogP contribution is 2.18. The molecule has 2 unspecified atom stereocenters. The number of rotatable bonds is 10. The maximum Gasteiger partial charge on any atom is 0.351 e. The SMILES string of the molecule is C=C(C)C(=O)OC(O)(CO)OCC(CC)CCCC. The molecular weight excluding hydrogens is 248 g/mol. The lowest BCUT2D eigenvalue weighted by Crippen LogP contribution is -2.43. The van der Waals surface area contributed by atoms with Gasteiger partial charge in [0.05, 0.1) is 6.61 Å². The van der Waals surface area contributed by atoms with E-state index in [0.29, 0.717) is 0 Å². The van der Waals surface area contributed by atoms with Crippen molar-refractivity contribution in [2.75, 3.05) is 13.2 Å². The van der Waals surface area contributed by atoms with Gasteiger partial charge in [0.15, 0.2) is 0 Å². The normalized spacial score (nSPS) is 15.6. The standard InChI is InChI=1S/C14H26O5/c1-5-7-8-12(6-2)9-18-14(17,10-15)19-13(16)11(3)4/h12,15,17H,3,5-10H2,1-2,4H3. The number of ether oxygens (including phenoxy) is 2. The average Bonchev–Trinajstić information content (AvgIpc) is 2.38. The van der Waals surface area contributed by atoms with Crippen molar-refractivity contribution >= 4 is 5.97 Å². The molecule has 0 aromatic carbocycles. The second-order valence-corrected chi connectivity index (χ2v) is 4.77. The molecule has 0 saturated carbocycles. The highest BCUT2D eigenvalue weighted by molar-refractivity contribution is 5.87. The molecule has 0 heterocycles. The molecule has 2 N–H and O–H groups in total. The van der Waals surface area contributed by atoms with E-state index in [9.17, 15) is 9.90 Å². The summed E-state index contributed by atoms with van der Waals surface area (Å²) in [7, 11) is 0. The Labute approximate surface area is 115 Å². The zero-order valence-electron chi connectivity index (χ0n) is 12.1. The van der Waals surface area contributed by atoms with Crippen molar-refractivity contribution in [3.63, 3.8) is 0 Å². The number of esters is 1. The maximum absolute atomic E-state index is 11.3. The first kappa shape index (κ1) is 18.1. The number of carbonyl (C=O) groups excluding carboxylic acids is 1. The fourth-order valence-electron chi connectivity index (χ4n) is 1.49. The summed E-state index contributed by atoms with van der Waals surface area (Å²) in [6, 6.07) is 0. The Balaban J connectivity index is 4.36. The van der Waals surface area contributed by atoms with Gasteiger partial charge in [-0.2, -0.15) is 0 Å². The van der Waals surface area contributed by atoms with Crippen LogP contribution in [0.5, 0.6) is 0 Å². The van der Waals surface area contributed by atoms with Crippen LogP contribution in [0, 0.1) is 5.92 Å². The molecule has 0 rings (SSSR count). The lowest BCUT2D eigenvalue weighted by molar-refractivity contribution is -0.356. The van der Waals surface area contributed by atoms with Gasteiger partial charge in [-0.3, -0.25) is 0 Å². The third kappa shape index (κ3) is 7.30. The molecule has 5 heteroatoms. The Kier molecular flexibility index (Phi) is 8.63. The number of unbranched alkanes of at least 4 members (excludes halogenated alkanes) is 1. The van der Waals surface area contributed by atoms with Gasteiger partial charge in [0.1, 0.15) is 6.61 Å². The molecule has 0 amide bonds. The van der Waals surface area contributed by atoms with Gasteiger partial charge in [-0.1, -0.05) is 39.7 Å². The monoisotopic (exact) mass is 274 g/mol. The van der Waals surface area contributed by atoms with E-state index in [1.54, 1.807) is 0 Å². The molecule has 112 valence electrons. The Morgan fingerprint density at radius 3 is 2.47 bits per heavy atom. The molecule has 0 spiro atoms. The van der Waals surface area contributed by atoms with E-state index < -0.39 is 18.5 Å². The van der Waals surface area contributed by atoms with Crippen LogP contribution < -0.4 is 0 Å². The molecule has 0 saturated heterocycles. The first-order chi connectivity index (χ1) is 8.88. The van der Waals surface area contributed by atoms with Crippen LogP contribution in [0.15, 0.2) is 12.2 Å². The predicted octanol–water partition coefficient (Wildman–Crippen LogP) is 1.98. The molecule has 19 heavy (non-hydrogen) atoms. The zero-order chi connectivity index (χ0) is 14.9. The van der Waals surface area contributed by atoms with Gasteiger partial charge in [-0.25, -0.2) is 4.79 Å². The van der Waals surface area contributed by atoms with Crippen LogP contribution in [0.4, 0.5) is 0 Å². The smallest absolute Gasteiger partial charge is 0.351 e. The van der Waals surface area contributed by atoms with Crippen LogP contribution in [0.1, 0.15) is 46.5 Å². The first-order valence-corrected chi connectivity index (χ1v) is 6.74. The van der Waals surface area contributed by atoms with Gasteiger partial charge < -0.3 is 19.7 Å². The average molecular weight is 274 g/mol. The van der Waals surface area contributed by atoms with Crippen molar-refractivity contribution in [1.29, 1.82) is 0 Å². The summed E-state index contributed by atoms with van der Waals surface area (Å²) < 4.78 is 9.86. The molecular formula is C14H26O5. The third-order valence-corrected chi connectivity index (χ3v) is 2.89. The number of carbonyl (C=O) groups is 1. The van der Waals surface area contributed by atoms with Crippen LogP contribution in [-0.4, -0.2) is 35.4 Å². The Hall–Kier alpha value is -0.910. The van der Waals surface area contributed by atoms with Crippen LogP contribution in [-0.2, 0) is 14.3 Å². The number of hydrogen-bond donors (Lipinski definition) is 2. The number of hydrogen-bond acceptors (Lipinski definition) is 5. The summed E-state index contributed by atoms with van der Waals surface area (Å²) in [4.78, 5) is 11.3. The summed E-state index contributed by atoms with van der Waals surface area (Å²) in [6.07, 6.45) is 4.04. The summed E-state index contributed by atoms with van der Waals surface area (Å²) in [6.45, 7) is 8.41. The minimum atomic E-state index is -2.28. The fourth-order valence-corrected chi connectivity index (χ4v) is 1.49. The first-order valence-electron chi connectivity index (χ1n) is 6.74. The van der Waals surface area contributed by atoms with E-state index in [4.69, 9.17) is 14.6 Å². The van der Waals surface area contributed by atoms with Gasteiger partial charge in [0.25, 0.3) is 0 Å². The van der Waals surface area contributed by atoms with E-state index >= 15 is 0 Å². The zero-order valence-corrected chi connectivity index (χ0v) is 12.1. The molecule has 0 aliphatic carbocycles. The van der Waals surface area contributed by atoms with Crippen molar-refractivity contribution < 1.29 is 24.5 Å². The van der Waals surface area contributed by atoms with Crippen molar-refractivity contribution in [1.82, 2.24) is 0 Å². The summed E-state index contributed by atoms with van der Waals surface area (Å²) in [5, 5.41) is 18.9. The lowest BCUT2D eigenvalue weighted by atomic mass is 10.0. The minimum absolute atomic E-state index is 0.133. The van der Waals surface area contributed by atoms with E-state index in [-0.39, 0.29) is 18.1 Å². The second kappa shape index (κ2) is 9.07. The molecule has 0 aromatic heterocycles. The summed E-state index contributed by atoms with van der Waals surface area (Å²) in [5.41, 5.74) is 0.133. The van der Waals surface area contributed by atoms with Gasteiger partial charge in [-0.05, 0) is 19.3 Å². The van der Waals surface area contributed by atoms with Gasteiger partial charge in [0, 0.05) is 5.57 Å². The molecule has 5 nitrogen and oxygen atoms in total. The Morgan fingerprint density at radius 2 is 2.05 bits per heavy atom. The van der Waals surface area contributed by atoms with Crippen LogP contribution >= 0.6 is 0 Å². The van der Waals surface area contributed by atoms with E-state index in [1.165, 1.54) is 6.92 Å². The van der Waals surface area contributed by atoms with Crippen LogP contribution in [0.3, 0.4) is 0 Å². The molecule has 0 fully saturated rings. The minimum Gasteiger partial charge on any atom is -0.402 e. The van der Waals surface area contributed by atoms with Crippen LogP contribution in [0.25, 0.3) is 0 Å². The molecule has 2 atom stereocenters. The van der Waals surface area contributed by atoms with Crippen molar-refractivity contribution in [2.45, 2.75) is 52.4 Å². The molecule has 0 aliphatic heterocycles. The third-order valence-electron chi connectivity index (χ3n) is 2.89. The van der Waals surface area contributed by atoms with E-state index in [2.05, 4.69) is 13.5 Å². The molecule has 0 radical (unpaired) electrons. The topological polar surface area (TPSA) is 76.0 Å². The Bertz CT molecular complexity index is 290. The second-order valence-electron chi connectivity index (χ2n) is 4.77. The van der Waals surface area contributed by atoms with Gasteiger partial charge in [-0.15, -0.1) is 0 Å². The van der Waals surface area contributed by atoms with Crippen molar-refractivity contribution in [3.05, 3.63) is 12.2 Å². The molecule has 0 bridgehead atoms.